The molecule has 158 valence electrons. The van der Waals surface area contributed by atoms with E-state index in [4.69, 9.17) is 0 Å². The molecule has 0 saturated heterocycles. The number of guanidine groups is 1. The highest BCUT2D eigenvalue weighted by atomic mass is 127. The van der Waals surface area contributed by atoms with Crippen LogP contribution in [0.5, 0.6) is 0 Å². The van der Waals surface area contributed by atoms with Crippen LogP contribution in [0.25, 0.3) is 0 Å². The zero-order valence-corrected chi connectivity index (χ0v) is 19.5. The molecule has 0 aromatic heterocycles. The molecule has 1 aliphatic carbocycles. The predicted molar refractivity (Wildman–Crippen MR) is 125 cm³/mol. The standard InChI is InChI=1S/C21H26FN3O2S.HI/c1-23-20(24-14-7-15-28(26,27)17-8-3-2-4-9-17)25-16-21(12-13-21)18-10-5-6-11-19(18)22;/h2-6,8-11H,7,12-16H2,1H3,(H2,23,24,25);1H. The number of nitrogens with zero attached hydrogens (tertiary/aromatic N) is 1. The Kier molecular flexibility index (Phi) is 8.45. The average Bonchev–Trinajstić information content (AvgIpc) is 3.49. The molecule has 0 atom stereocenters. The van der Waals surface area contributed by atoms with Crippen molar-refractivity contribution in [3.63, 3.8) is 0 Å². The van der Waals surface area contributed by atoms with Crippen LogP contribution in [0.4, 0.5) is 4.39 Å². The maximum atomic E-state index is 14.1. The molecule has 2 N–H and O–H groups in total. The molecule has 0 heterocycles. The van der Waals surface area contributed by atoms with Crippen LogP contribution >= 0.6 is 24.0 Å². The molecule has 2 aromatic rings. The zero-order chi connectivity index (χ0) is 20.0. The highest BCUT2D eigenvalue weighted by Crippen LogP contribution is 2.48. The van der Waals surface area contributed by atoms with E-state index in [2.05, 4.69) is 15.6 Å². The number of benzene rings is 2. The molecule has 1 saturated carbocycles. The van der Waals surface area contributed by atoms with Gasteiger partial charge in [-0.1, -0.05) is 36.4 Å². The van der Waals surface area contributed by atoms with Gasteiger partial charge < -0.3 is 10.6 Å². The van der Waals surface area contributed by atoms with E-state index in [1.165, 1.54) is 6.07 Å². The lowest BCUT2D eigenvalue weighted by Gasteiger charge is -2.19. The summed E-state index contributed by atoms with van der Waals surface area (Å²) in [6.45, 7) is 1.08. The largest absolute Gasteiger partial charge is 0.356 e. The van der Waals surface area contributed by atoms with Crippen LogP contribution in [0.3, 0.4) is 0 Å². The Labute approximate surface area is 189 Å². The Balaban J connectivity index is 0.00000300. The van der Waals surface area contributed by atoms with Gasteiger partial charge in [0.1, 0.15) is 5.82 Å². The Hall–Kier alpha value is -1.68. The molecule has 2 aromatic carbocycles. The van der Waals surface area contributed by atoms with Gasteiger partial charge in [0.05, 0.1) is 10.6 Å². The first-order valence-electron chi connectivity index (χ1n) is 9.44. The van der Waals surface area contributed by atoms with E-state index in [1.54, 1.807) is 43.4 Å². The zero-order valence-electron chi connectivity index (χ0n) is 16.4. The summed E-state index contributed by atoms with van der Waals surface area (Å²) in [6, 6.07) is 15.4. The topological polar surface area (TPSA) is 70.6 Å². The normalized spacial score (nSPS) is 15.3. The maximum absolute atomic E-state index is 14.1. The third-order valence-corrected chi connectivity index (χ3v) is 6.92. The molecular formula is C21H27FIN3O2S. The average molecular weight is 531 g/mol. The third-order valence-electron chi connectivity index (χ3n) is 5.10. The van der Waals surface area contributed by atoms with Gasteiger partial charge in [-0.3, -0.25) is 4.99 Å². The summed E-state index contributed by atoms with van der Waals surface area (Å²) in [5.41, 5.74) is 0.562. The smallest absolute Gasteiger partial charge is 0.191 e. The van der Waals surface area contributed by atoms with Crippen molar-refractivity contribution in [1.29, 1.82) is 0 Å². The fourth-order valence-corrected chi connectivity index (χ4v) is 4.60. The number of halogens is 2. The van der Waals surface area contributed by atoms with Crippen molar-refractivity contribution < 1.29 is 12.8 Å². The summed E-state index contributed by atoms with van der Waals surface area (Å²) < 4.78 is 38.7. The second-order valence-electron chi connectivity index (χ2n) is 7.10. The molecule has 0 bridgehead atoms. The molecule has 0 aliphatic heterocycles. The fraction of sp³-hybridized carbons (Fsp3) is 0.381. The van der Waals surface area contributed by atoms with E-state index < -0.39 is 9.84 Å². The molecule has 0 radical (unpaired) electrons. The summed E-state index contributed by atoms with van der Waals surface area (Å²) in [5.74, 6) is 0.496. The van der Waals surface area contributed by atoms with Crippen molar-refractivity contribution in [3.8, 4) is 0 Å². The molecule has 29 heavy (non-hydrogen) atoms. The lowest BCUT2D eigenvalue weighted by atomic mass is 9.95. The van der Waals surface area contributed by atoms with E-state index in [0.717, 1.165) is 18.4 Å². The van der Waals surface area contributed by atoms with Gasteiger partial charge in [-0.25, -0.2) is 12.8 Å². The van der Waals surface area contributed by atoms with Crippen molar-refractivity contribution in [2.24, 2.45) is 4.99 Å². The van der Waals surface area contributed by atoms with Gasteiger partial charge in [0.25, 0.3) is 0 Å². The first-order valence-corrected chi connectivity index (χ1v) is 11.1. The third kappa shape index (κ3) is 6.15. The molecule has 8 heteroatoms. The van der Waals surface area contributed by atoms with Gasteiger partial charge in [-0.15, -0.1) is 24.0 Å². The SMILES string of the molecule is CN=C(NCCCS(=O)(=O)c1ccccc1)NCC1(c2ccccc2F)CC1.I. The minimum absolute atomic E-state index is 0. The molecule has 0 amide bonds. The van der Waals surface area contributed by atoms with Gasteiger partial charge in [-0.05, 0) is 43.0 Å². The Morgan fingerprint density at radius 3 is 2.34 bits per heavy atom. The predicted octanol–water partition coefficient (Wildman–Crippen LogP) is 3.50. The number of hydrogen-bond acceptors (Lipinski definition) is 3. The van der Waals surface area contributed by atoms with Crippen LogP contribution in [0.2, 0.25) is 0 Å². The van der Waals surface area contributed by atoms with E-state index >= 15 is 0 Å². The number of nitrogens with one attached hydrogen (secondary N) is 2. The first-order chi connectivity index (χ1) is 13.5. The van der Waals surface area contributed by atoms with Crippen LogP contribution in [-0.2, 0) is 15.3 Å². The summed E-state index contributed by atoms with van der Waals surface area (Å²) in [5, 5.41) is 6.39. The minimum Gasteiger partial charge on any atom is -0.356 e. The van der Waals surface area contributed by atoms with Gasteiger partial charge >= 0.3 is 0 Å². The molecule has 0 spiro atoms. The van der Waals surface area contributed by atoms with Crippen molar-refractivity contribution in [3.05, 3.63) is 66.0 Å². The van der Waals surface area contributed by atoms with Gasteiger partial charge in [0.15, 0.2) is 15.8 Å². The molecular weight excluding hydrogens is 504 g/mol. The molecule has 0 unspecified atom stereocenters. The Morgan fingerprint density at radius 2 is 1.72 bits per heavy atom. The number of aliphatic imine (C=N–C) groups is 1. The van der Waals surface area contributed by atoms with Crippen molar-refractivity contribution in [2.75, 3.05) is 25.9 Å². The lowest BCUT2D eigenvalue weighted by Crippen LogP contribution is -2.42. The quantitative estimate of drug-likeness (QED) is 0.237. The maximum Gasteiger partial charge on any atom is 0.191 e. The molecule has 1 fully saturated rings. The summed E-state index contributed by atoms with van der Waals surface area (Å²) in [7, 11) is -1.61. The second kappa shape index (κ2) is 10.4. The van der Waals surface area contributed by atoms with E-state index in [1.807, 2.05) is 12.1 Å². The number of rotatable bonds is 8. The van der Waals surface area contributed by atoms with E-state index in [9.17, 15) is 12.8 Å². The van der Waals surface area contributed by atoms with Crippen molar-refractivity contribution >= 4 is 39.8 Å². The summed E-state index contributed by atoms with van der Waals surface area (Å²) in [4.78, 5) is 4.52. The molecule has 3 rings (SSSR count). The molecule has 1 aliphatic rings. The van der Waals surface area contributed by atoms with Crippen molar-refractivity contribution in [2.45, 2.75) is 29.6 Å². The van der Waals surface area contributed by atoms with Gasteiger partial charge in [0.2, 0.25) is 0 Å². The monoisotopic (exact) mass is 531 g/mol. The van der Waals surface area contributed by atoms with Crippen molar-refractivity contribution in [1.82, 2.24) is 10.6 Å². The van der Waals surface area contributed by atoms with Crippen LogP contribution < -0.4 is 10.6 Å². The van der Waals surface area contributed by atoms with Crippen LogP contribution in [0.1, 0.15) is 24.8 Å². The fourth-order valence-electron chi connectivity index (χ4n) is 3.27. The summed E-state index contributed by atoms with van der Waals surface area (Å²) in [6.07, 6.45) is 2.34. The Morgan fingerprint density at radius 1 is 1.07 bits per heavy atom. The highest BCUT2D eigenvalue weighted by Gasteiger charge is 2.45. The van der Waals surface area contributed by atoms with Crippen LogP contribution in [0.15, 0.2) is 64.5 Å². The number of sulfone groups is 1. The van der Waals surface area contributed by atoms with Crippen LogP contribution in [0, 0.1) is 5.82 Å². The number of hydrogen-bond donors (Lipinski definition) is 2. The Bertz CT molecular complexity index is 932. The highest BCUT2D eigenvalue weighted by molar-refractivity contribution is 14.0. The van der Waals surface area contributed by atoms with E-state index in [0.29, 0.717) is 30.4 Å². The molecule has 5 nitrogen and oxygen atoms in total. The van der Waals surface area contributed by atoms with E-state index in [-0.39, 0.29) is 41.0 Å². The summed E-state index contributed by atoms with van der Waals surface area (Å²) >= 11 is 0. The van der Waals surface area contributed by atoms with Gasteiger partial charge in [0, 0.05) is 25.6 Å². The lowest BCUT2D eigenvalue weighted by molar-refractivity contribution is 0.559. The minimum atomic E-state index is -3.27. The first kappa shape index (κ1) is 23.6. The van der Waals surface area contributed by atoms with Crippen LogP contribution in [-0.4, -0.2) is 40.3 Å². The van der Waals surface area contributed by atoms with Gasteiger partial charge in [-0.2, -0.15) is 0 Å². The second-order valence-corrected chi connectivity index (χ2v) is 9.21.